The molecule has 2 atom stereocenters. The van der Waals surface area contributed by atoms with Gasteiger partial charge in [0.1, 0.15) is 12.3 Å². The monoisotopic (exact) mass is 274 g/mol. The Morgan fingerprint density at radius 2 is 2.30 bits per heavy atom. The van der Waals surface area contributed by atoms with E-state index in [1.165, 1.54) is 25.0 Å². The van der Waals surface area contributed by atoms with Crippen molar-refractivity contribution in [2.75, 3.05) is 0 Å². The van der Waals surface area contributed by atoms with Crippen molar-refractivity contribution in [2.24, 2.45) is 0 Å². The molecule has 108 valence electrons. The molecular formula is C15H22N4O. The molecule has 3 rings (SSSR count). The molecule has 0 radical (unpaired) electrons. The standard InChI is InChI=1S/C15H22N4O/c1-3-12-7-17-15(20-12)9-19-10-16-8-14(19)13-6-4-5-11(2)18-13/h7-8,10-11,13,18H,3-6,9H2,1-2H3. The Hall–Kier alpha value is -1.62. The predicted molar refractivity (Wildman–Crippen MR) is 76.4 cm³/mol. The SMILES string of the molecule is CCc1cnc(Cn2cncc2C2CCCC(C)N2)o1. The normalized spacial score (nSPS) is 23.1. The van der Waals surface area contributed by atoms with E-state index >= 15 is 0 Å². The summed E-state index contributed by atoms with van der Waals surface area (Å²) in [5.41, 5.74) is 1.23. The van der Waals surface area contributed by atoms with Crippen LogP contribution >= 0.6 is 0 Å². The van der Waals surface area contributed by atoms with Crippen LogP contribution in [0.3, 0.4) is 0 Å². The van der Waals surface area contributed by atoms with Crippen molar-refractivity contribution in [3.63, 3.8) is 0 Å². The first-order chi connectivity index (χ1) is 9.76. The Labute approximate surface area is 119 Å². The molecule has 1 fully saturated rings. The van der Waals surface area contributed by atoms with E-state index in [1.54, 1.807) is 0 Å². The first-order valence-electron chi connectivity index (χ1n) is 7.46. The van der Waals surface area contributed by atoms with Crippen LogP contribution in [0.1, 0.15) is 56.5 Å². The topological polar surface area (TPSA) is 55.9 Å². The molecule has 20 heavy (non-hydrogen) atoms. The summed E-state index contributed by atoms with van der Waals surface area (Å²) in [6.45, 7) is 4.97. The Morgan fingerprint density at radius 3 is 3.05 bits per heavy atom. The second-order valence-electron chi connectivity index (χ2n) is 5.57. The van der Waals surface area contributed by atoms with Crippen molar-refractivity contribution in [1.29, 1.82) is 0 Å². The molecular weight excluding hydrogens is 252 g/mol. The number of aryl methyl sites for hydroxylation is 1. The highest BCUT2D eigenvalue weighted by atomic mass is 16.4. The summed E-state index contributed by atoms with van der Waals surface area (Å²) in [5.74, 6) is 1.69. The molecule has 3 heterocycles. The van der Waals surface area contributed by atoms with Crippen LogP contribution in [0.25, 0.3) is 0 Å². The number of hydrogen-bond donors (Lipinski definition) is 1. The summed E-state index contributed by atoms with van der Waals surface area (Å²) in [6.07, 6.45) is 10.2. The van der Waals surface area contributed by atoms with E-state index in [4.69, 9.17) is 4.42 Å². The molecule has 1 saturated heterocycles. The van der Waals surface area contributed by atoms with Crippen molar-refractivity contribution in [3.8, 4) is 0 Å². The van der Waals surface area contributed by atoms with Gasteiger partial charge in [0, 0.05) is 24.7 Å². The molecule has 0 aliphatic carbocycles. The second-order valence-corrected chi connectivity index (χ2v) is 5.57. The highest BCUT2D eigenvalue weighted by Crippen LogP contribution is 2.25. The van der Waals surface area contributed by atoms with Crippen molar-refractivity contribution in [1.82, 2.24) is 19.9 Å². The average Bonchev–Trinajstić information content (AvgIpc) is 3.08. The molecule has 1 aliphatic rings. The van der Waals surface area contributed by atoms with E-state index in [-0.39, 0.29) is 0 Å². The molecule has 0 spiro atoms. The molecule has 1 aliphatic heterocycles. The fourth-order valence-corrected chi connectivity index (χ4v) is 2.86. The number of piperidine rings is 1. The zero-order valence-corrected chi connectivity index (χ0v) is 12.2. The van der Waals surface area contributed by atoms with Crippen LogP contribution in [0.5, 0.6) is 0 Å². The predicted octanol–water partition coefficient (Wildman–Crippen LogP) is 2.68. The lowest BCUT2D eigenvalue weighted by atomic mass is 9.97. The van der Waals surface area contributed by atoms with Gasteiger partial charge in [-0.2, -0.15) is 0 Å². The molecule has 2 unspecified atom stereocenters. The third-order valence-electron chi connectivity index (χ3n) is 3.97. The summed E-state index contributed by atoms with van der Waals surface area (Å²) in [7, 11) is 0. The van der Waals surface area contributed by atoms with Crippen molar-refractivity contribution in [2.45, 2.75) is 58.2 Å². The largest absolute Gasteiger partial charge is 0.444 e. The average molecular weight is 274 g/mol. The van der Waals surface area contributed by atoms with Crippen LogP contribution in [0.4, 0.5) is 0 Å². The third-order valence-corrected chi connectivity index (χ3v) is 3.97. The molecule has 2 aromatic rings. The maximum Gasteiger partial charge on any atom is 0.214 e. The summed E-state index contributed by atoms with van der Waals surface area (Å²) in [6, 6.07) is 0.965. The summed E-state index contributed by atoms with van der Waals surface area (Å²) in [4.78, 5) is 8.63. The Bertz CT molecular complexity index is 560. The maximum atomic E-state index is 5.69. The number of nitrogens with zero attached hydrogens (tertiary/aromatic N) is 3. The molecule has 0 bridgehead atoms. The van der Waals surface area contributed by atoms with E-state index < -0.39 is 0 Å². The summed E-state index contributed by atoms with van der Waals surface area (Å²) in [5, 5.41) is 3.65. The maximum absolute atomic E-state index is 5.69. The first-order valence-corrected chi connectivity index (χ1v) is 7.46. The van der Waals surface area contributed by atoms with Gasteiger partial charge in [0.15, 0.2) is 0 Å². The van der Waals surface area contributed by atoms with E-state index in [9.17, 15) is 0 Å². The fourth-order valence-electron chi connectivity index (χ4n) is 2.86. The van der Waals surface area contributed by atoms with Gasteiger partial charge in [-0.15, -0.1) is 0 Å². The Balaban J connectivity index is 1.75. The minimum absolute atomic E-state index is 0.391. The molecule has 5 nitrogen and oxygen atoms in total. The van der Waals surface area contributed by atoms with Crippen molar-refractivity contribution in [3.05, 3.63) is 36.1 Å². The van der Waals surface area contributed by atoms with Gasteiger partial charge in [0.25, 0.3) is 0 Å². The zero-order chi connectivity index (χ0) is 13.9. The Kier molecular flexibility index (Phi) is 3.87. The van der Waals surface area contributed by atoms with Gasteiger partial charge in [-0.1, -0.05) is 6.92 Å². The first kappa shape index (κ1) is 13.4. The second kappa shape index (κ2) is 5.79. The zero-order valence-electron chi connectivity index (χ0n) is 12.2. The highest BCUT2D eigenvalue weighted by molar-refractivity contribution is 5.08. The van der Waals surface area contributed by atoms with Crippen LogP contribution in [0.15, 0.2) is 23.1 Å². The molecule has 2 aromatic heterocycles. The Morgan fingerprint density at radius 1 is 1.40 bits per heavy atom. The molecule has 0 aromatic carbocycles. The van der Waals surface area contributed by atoms with Gasteiger partial charge in [0.05, 0.1) is 18.2 Å². The van der Waals surface area contributed by atoms with E-state index in [2.05, 4.69) is 33.7 Å². The molecule has 0 amide bonds. The van der Waals surface area contributed by atoms with E-state index in [0.717, 1.165) is 18.1 Å². The lowest BCUT2D eigenvalue weighted by molar-refractivity contribution is 0.328. The molecule has 1 N–H and O–H groups in total. The van der Waals surface area contributed by atoms with Crippen LogP contribution in [0.2, 0.25) is 0 Å². The number of nitrogens with one attached hydrogen (secondary N) is 1. The summed E-state index contributed by atoms with van der Waals surface area (Å²) >= 11 is 0. The van der Waals surface area contributed by atoms with Gasteiger partial charge in [-0.25, -0.2) is 9.97 Å². The number of oxazole rings is 1. The number of aromatic nitrogens is 3. The van der Waals surface area contributed by atoms with Crippen molar-refractivity contribution >= 4 is 0 Å². The molecule has 0 saturated carbocycles. The smallest absolute Gasteiger partial charge is 0.214 e. The minimum atomic E-state index is 0.391. The van der Waals surface area contributed by atoms with Crippen LogP contribution < -0.4 is 5.32 Å². The quantitative estimate of drug-likeness (QED) is 0.931. The van der Waals surface area contributed by atoms with E-state index in [0.29, 0.717) is 18.6 Å². The van der Waals surface area contributed by atoms with Gasteiger partial charge in [-0.05, 0) is 26.2 Å². The van der Waals surface area contributed by atoms with Gasteiger partial charge < -0.3 is 14.3 Å². The number of imidazole rings is 1. The molecule has 5 heteroatoms. The van der Waals surface area contributed by atoms with Gasteiger partial charge >= 0.3 is 0 Å². The van der Waals surface area contributed by atoms with E-state index in [1.807, 2.05) is 18.7 Å². The van der Waals surface area contributed by atoms with Gasteiger partial charge in [0.2, 0.25) is 5.89 Å². The van der Waals surface area contributed by atoms with Crippen LogP contribution in [-0.2, 0) is 13.0 Å². The lowest BCUT2D eigenvalue weighted by Gasteiger charge is -2.29. The third kappa shape index (κ3) is 2.77. The van der Waals surface area contributed by atoms with Gasteiger partial charge in [-0.3, -0.25) is 0 Å². The number of rotatable bonds is 4. The fraction of sp³-hybridized carbons (Fsp3) is 0.600. The highest BCUT2D eigenvalue weighted by Gasteiger charge is 2.22. The summed E-state index contributed by atoms with van der Waals surface area (Å²) < 4.78 is 7.83. The van der Waals surface area contributed by atoms with Crippen molar-refractivity contribution < 1.29 is 4.42 Å². The lowest BCUT2D eigenvalue weighted by Crippen LogP contribution is -2.35. The van der Waals surface area contributed by atoms with Crippen LogP contribution in [0, 0.1) is 0 Å². The number of hydrogen-bond acceptors (Lipinski definition) is 4. The van der Waals surface area contributed by atoms with Crippen LogP contribution in [-0.4, -0.2) is 20.6 Å². The minimum Gasteiger partial charge on any atom is -0.444 e.